The first-order chi connectivity index (χ1) is 8.70. The molecule has 0 unspecified atom stereocenters. The van der Waals surface area contributed by atoms with Crippen molar-refractivity contribution in [3.63, 3.8) is 0 Å². The van der Waals surface area contributed by atoms with Crippen molar-refractivity contribution in [3.05, 3.63) is 0 Å². The van der Waals surface area contributed by atoms with E-state index in [9.17, 15) is 9.59 Å². The Morgan fingerprint density at radius 1 is 1.00 bits per heavy atom. The van der Waals surface area contributed by atoms with Gasteiger partial charge in [-0.3, -0.25) is 0 Å². The van der Waals surface area contributed by atoms with E-state index in [1.165, 1.54) is 0 Å². The summed E-state index contributed by atoms with van der Waals surface area (Å²) < 4.78 is 5.05. The Hall–Kier alpha value is -1.50. The number of nitrogens with zero attached hydrogens (tertiary/aromatic N) is 1. The predicted octanol–water partition coefficient (Wildman–Crippen LogP) is 0.372. The molecule has 0 rings (SSSR count). The van der Waals surface area contributed by atoms with E-state index in [0.717, 1.165) is 6.54 Å². The van der Waals surface area contributed by atoms with Gasteiger partial charge in [0, 0.05) is 26.2 Å². The number of hydrogen-bond acceptors (Lipinski definition) is 4. The summed E-state index contributed by atoms with van der Waals surface area (Å²) >= 11 is 0. The van der Waals surface area contributed by atoms with Crippen LogP contribution < -0.4 is 16.0 Å². The normalized spacial score (nSPS) is 11.1. The number of rotatable bonds is 6. The van der Waals surface area contributed by atoms with E-state index in [0.29, 0.717) is 19.6 Å². The van der Waals surface area contributed by atoms with E-state index in [4.69, 9.17) is 4.74 Å². The lowest BCUT2D eigenvalue weighted by molar-refractivity contribution is 0.0528. The molecule has 7 heteroatoms. The predicted molar refractivity (Wildman–Crippen MR) is 74.2 cm³/mol. The summed E-state index contributed by atoms with van der Waals surface area (Å²) in [6, 6.07) is -0.243. The van der Waals surface area contributed by atoms with Gasteiger partial charge in [-0.15, -0.1) is 0 Å². The molecule has 0 aliphatic carbocycles. The molecule has 3 N–H and O–H groups in total. The number of ether oxygens (including phenoxy) is 1. The maximum atomic E-state index is 11.3. The van der Waals surface area contributed by atoms with Gasteiger partial charge in [0.15, 0.2) is 0 Å². The third kappa shape index (κ3) is 12.7. The van der Waals surface area contributed by atoms with Crippen LogP contribution in [0.2, 0.25) is 0 Å². The fraction of sp³-hybridized carbons (Fsp3) is 0.833. The molecule has 0 saturated carbocycles. The fourth-order valence-electron chi connectivity index (χ4n) is 1.11. The van der Waals surface area contributed by atoms with Crippen LogP contribution in [0.15, 0.2) is 0 Å². The van der Waals surface area contributed by atoms with Crippen molar-refractivity contribution in [3.8, 4) is 0 Å². The second-order valence-corrected chi connectivity index (χ2v) is 5.41. The Balaban J connectivity index is 3.53. The number of nitrogens with one attached hydrogen (secondary N) is 3. The molecule has 0 aromatic heterocycles. The van der Waals surface area contributed by atoms with Crippen LogP contribution in [0, 0.1) is 0 Å². The molecule has 0 aliphatic rings. The SMILES string of the molecule is CN(C)CCNC(=O)NCCNC(=O)OC(C)(C)C. The molecule has 0 bridgehead atoms. The van der Waals surface area contributed by atoms with Crippen LogP contribution in [0.5, 0.6) is 0 Å². The zero-order chi connectivity index (χ0) is 14.9. The van der Waals surface area contributed by atoms with E-state index < -0.39 is 11.7 Å². The van der Waals surface area contributed by atoms with Crippen molar-refractivity contribution in [1.29, 1.82) is 0 Å². The van der Waals surface area contributed by atoms with Crippen LogP contribution in [0.25, 0.3) is 0 Å². The second-order valence-electron chi connectivity index (χ2n) is 5.41. The third-order valence-corrected chi connectivity index (χ3v) is 1.92. The maximum Gasteiger partial charge on any atom is 0.407 e. The fourth-order valence-corrected chi connectivity index (χ4v) is 1.11. The van der Waals surface area contributed by atoms with Gasteiger partial charge in [-0.25, -0.2) is 9.59 Å². The molecule has 0 atom stereocenters. The van der Waals surface area contributed by atoms with Crippen LogP contribution >= 0.6 is 0 Å². The average molecular weight is 274 g/mol. The van der Waals surface area contributed by atoms with Crippen LogP contribution in [0.3, 0.4) is 0 Å². The van der Waals surface area contributed by atoms with Crippen molar-refractivity contribution >= 4 is 12.1 Å². The Morgan fingerprint density at radius 3 is 2.05 bits per heavy atom. The lowest BCUT2D eigenvalue weighted by atomic mass is 10.2. The summed E-state index contributed by atoms with van der Waals surface area (Å²) in [6.07, 6.45) is -0.484. The molecule has 19 heavy (non-hydrogen) atoms. The number of carbonyl (C=O) groups excluding carboxylic acids is 2. The summed E-state index contributed by atoms with van der Waals surface area (Å²) in [6.45, 7) is 7.43. The number of likely N-dealkylation sites (N-methyl/N-ethyl adjacent to an activating group) is 1. The highest BCUT2D eigenvalue weighted by molar-refractivity contribution is 5.73. The lowest BCUT2D eigenvalue weighted by Crippen LogP contribution is -2.43. The van der Waals surface area contributed by atoms with Crippen molar-refractivity contribution in [2.24, 2.45) is 0 Å². The highest BCUT2D eigenvalue weighted by Crippen LogP contribution is 2.05. The Morgan fingerprint density at radius 2 is 1.53 bits per heavy atom. The molecule has 0 fully saturated rings. The zero-order valence-corrected chi connectivity index (χ0v) is 12.5. The van der Waals surface area contributed by atoms with Crippen LogP contribution in [-0.4, -0.2) is 62.9 Å². The molecule has 0 aliphatic heterocycles. The van der Waals surface area contributed by atoms with E-state index in [1.54, 1.807) is 20.8 Å². The summed E-state index contributed by atoms with van der Waals surface area (Å²) in [7, 11) is 3.87. The van der Waals surface area contributed by atoms with Gasteiger partial charge >= 0.3 is 12.1 Å². The standard InChI is InChI=1S/C12H26N4O3/c1-12(2,3)19-11(18)15-7-6-13-10(17)14-8-9-16(4)5/h6-9H2,1-5H3,(H,15,18)(H2,13,14,17). The lowest BCUT2D eigenvalue weighted by Gasteiger charge is -2.19. The molecule has 0 aromatic carbocycles. The minimum absolute atomic E-state index is 0.243. The molecular weight excluding hydrogens is 248 g/mol. The third-order valence-electron chi connectivity index (χ3n) is 1.92. The van der Waals surface area contributed by atoms with Gasteiger partial charge in [0.25, 0.3) is 0 Å². The monoisotopic (exact) mass is 274 g/mol. The Bertz CT molecular complexity index is 287. The number of hydrogen-bond donors (Lipinski definition) is 3. The number of carbonyl (C=O) groups is 2. The molecule has 0 aromatic rings. The summed E-state index contributed by atoms with van der Waals surface area (Å²) in [5, 5.41) is 7.90. The number of urea groups is 1. The van der Waals surface area contributed by atoms with Gasteiger partial charge in [-0.2, -0.15) is 0 Å². The van der Waals surface area contributed by atoms with Gasteiger partial charge in [0.05, 0.1) is 0 Å². The molecule has 112 valence electrons. The minimum Gasteiger partial charge on any atom is -0.444 e. The van der Waals surface area contributed by atoms with Gasteiger partial charge in [0.2, 0.25) is 0 Å². The number of alkyl carbamates (subject to hydrolysis) is 1. The van der Waals surface area contributed by atoms with E-state index in [-0.39, 0.29) is 6.03 Å². The van der Waals surface area contributed by atoms with Crippen LogP contribution in [-0.2, 0) is 4.74 Å². The molecule has 0 spiro atoms. The molecule has 3 amide bonds. The number of amides is 3. The van der Waals surface area contributed by atoms with Gasteiger partial charge in [-0.1, -0.05) is 0 Å². The first-order valence-electron chi connectivity index (χ1n) is 6.34. The highest BCUT2D eigenvalue weighted by Gasteiger charge is 2.15. The highest BCUT2D eigenvalue weighted by atomic mass is 16.6. The molecule has 7 nitrogen and oxygen atoms in total. The van der Waals surface area contributed by atoms with E-state index in [1.807, 2.05) is 19.0 Å². The first kappa shape index (κ1) is 17.5. The van der Waals surface area contributed by atoms with Gasteiger partial charge in [0.1, 0.15) is 5.60 Å². The molecule has 0 saturated heterocycles. The average Bonchev–Trinajstić information content (AvgIpc) is 2.21. The molecule has 0 radical (unpaired) electrons. The molecule has 0 heterocycles. The quantitative estimate of drug-likeness (QED) is 0.611. The van der Waals surface area contributed by atoms with Gasteiger partial charge < -0.3 is 25.6 Å². The maximum absolute atomic E-state index is 11.3. The summed E-state index contributed by atoms with van der Waals surface area (Å²) in [5.41, 5.74) is -0.513. The first-order valence-corrected chi connectivity index (χ1v) is 6.34. The summed E-state index contributed by atoms with van der Waals surface area (Å²) in [5.74, 6) is 0. The topological polar surface area (TPSA) is 82.7 Å². The molecular formula is C12H26N4O3. The van der Waals surface area contributed by atoms with Crippen LogP contribution in [0.4, 0.5) is 9.59 Å². The van der Waals surface area contributed by atoms with Crippen molar-refractivity contribution in [2.45, 2.75) is 26.4 Å². The van der Waals surface area contributed by atoms with Crippen molar-refractivity contribution in [2.75, 3.05) is 40.3 Å². The van der Waals surface area contributed by atoms with E-state index >= 15 is 0 Å². The van der Waals surface area contributed by atoms with E-state index in [2.05, 4.69) is 16.0 Å². The largest absolute Gasteiger partial charge is 0.444 e. The smallest absolute Gasteiger partial charge is 0.407 e. The summed E-state index contributed by atoms with van der Waals surface area (Å²) in [4.78, 5) is 24.6. The second kappa shape index (κ2) is 8.58. The van der Waals surface area contributed by atoms with Crippen molar-refractivity contribution < 1.29 is 14.3 Å². The Kier molecular flexibility index (Phi) is 7.90. The zero-order valence-electron chi connectivity index (χ0n) is 12.5. The van der Waals surface area contributed by atoms with Crippen molar-refractivity contribution in [1.82, 2.24) is 20.9 Å². The van der Waals surface area contributed by atoms with Gasteiger partial charge in [-0.05, 0) is 34.9 Å². The van der Waals surface area contributed by atoms with Crippen LogP contribution in [0.1, 0.15) is 20.8 Å². The minimum atomic E-state index is -0.513. The Labute approximate surface area is 115 Å².